The molecular formula is C12H14N2O3. The summed E-state index contributed by atoms with van der Waals surface area (Å²) >= 11 is 0. The summed E-state index contributed by atoms with van der Waals surface area (Å²) in [7, 11) is 0. The van der Waals surface area contributed by atoms with E-state index in [-0.39, 0.29) is 11.5 Å². The van der Waals surface area contributed by atoms with E-state index in [4.69, 9.17) is 5.11 Å². The fourth-order valence-corrected chi connectivity index (χ4v) is 1.71. The number of carbonyl (C=O) groups is 2. The summed E-state index contributed by atoms with van der Waals surface area (Å²) in [6.45, 7) is 4.01. The first-order valence-electron chi connectivity index (χ1n) is 5.33. The maximum Gasteiger partial charge on any atom is 0.337 e. The van der Waals surface area contributed by atoms with E-state index in [9.17, 15) is 9.59 Å². The van der Waals surface area contributed by atoms with E-state index in [1.54, 1.807) is 12.1 Å². The number of carbonyl (C=O) groups excluding carboxylic acids is 1. The van der Waals surface area contributed by atoms with E-state index in [0.717, 1.165) is 0 Å². The molecule has 0 atom stereocenters. The van der Waals surface area contributed by atoms with Crippen molar-refractivity contribution in [3.63, 3.8) is 0 Å². The van der Waals surface area contributed by atoms with Crippen molar-refractivity contribution in [2.45, 2.75) is 13.8 Å². The SMILES string of the molecule is CC1(C)CNc2c(cccc2C(=O)O)NC1=O. The van der Waals surface area contributed by atoms with E-state index in [1.165, 1.54) is 6.07 Å². The van der Waals surface area contributed by atoms with Crippen LogP contribution in [-0.4, -0.2) is 23.5 Å². The summed E-state index contributed by atoms with van der Waals surface area (Å²) in [5.74, 6) is -1.13. The Morgan fingerprint density at radius 2 is 2.12 bits per heavy atom. The predicted molar refractivity (Wildman–Crippen MR) is 64.3 cm³/mol. The van der Waals surface area contributed by atoms with Crippen molar-refractivity contribution in [3.05, 3.63) is 23.8 Å². The maximum atomic E-state index is 11.9. The van der Waals surface area contributed by atoms with Crippen molar-refractivity contribution in [3.8, 4) is 0 Å². The molecule has 1 amide bonds. The van der Waals surface area contributed by atoms with Crippen LogP contribution in [0.3, 0.4) is 0 Å². The Morgan fingerprint density at radius 3 is 2.76 bits per heavy atom. The van der Waals surface area contributed by atoms with Crippen LogP contribution in [0.15, 0.2) is 18.2 Å². The summed E-state index contributed by atoms with van der Waals surface area (Å²) in [6.07, 6.45) is 0. The molecule has 1 aliphatic rings. The fraction of sp³-hybridized carbons (Fsp3) is 0.333. The van der Waals surface area contributed by atoms with Crippen LogP contribution >= 0.6 is 0 Å². The van der Waals surface area contributed by atoms with E-state index in [0.29, 0.717) is 17.9 Å². The monoisotopic (exact) mass is 234 g/mol. The van der Waals surface area contributed by atoms with Gasteiger partial charge in [-0.05, 0) is 26.0 Å². The van der Waals surface area contributed by atoms with Crippen LogP contribution in [0.4, 0.5) is 11.4 Å². The number of anilines is 2. The number of rotatable bonds is 1. The van der Waals surface area contributed by atoms with Crippen LogP contribution in [0, 0.1) is 5.41 Å². The van der Waals surface area contributed by atoms with Gasteiger partial charge >= 0.3 is 5.97 Å². The molecule has 1 aliphatic heterocycles. The highest BCUT2D eigenvalue weighted by atomic mass is 16.4. The van der Waals surface area contributed by atoms with Gasteiger partial charge in [0.1, 0.15) is 0 Å². The molecule has 90 valence electrons. The largest absolute Gasteiger partial charge is 0.478 e. The summed E-state index contributed by atoms with van der Waals surface area (Å²) in [6, 6.07) is 4.81. The molecule has 3 N–H and O–H groups in total. The van der Waals surface area contributed by atoms with Crippen LogP contribution in [0.5, 0.6) is 0 Å². The Labute approximate surface area is 98.8 Å². The Bertz CT molecular complexity index is 495. The molecule has 0 saturated carbocycles. The van der Waals surface area contributed by atoms with Crippen LogP contribution in [-0.2, 0) is 4.79 Å². The van der Waals surface area contributed by atoms with Crippen molar-refractivity contribution in [2.24, 2.45) is 5.41 Å². The molecule has 17 heavy (non-hydrogen) atoms. The molecule has 0 aliphatic carbocycles. The molecule has 2 rings (SSSR count). The highest BCUT2D eigenvalue weighted by Gasteiger charge is 2.32. The fourth-order valence-electron chi connectivity index (χ4n) is 1.71. The molecule has 0 spiro atoms. The number of amides is 1. The van der Waals surface area contributed by atoms with Crippen molar-refractivity contribution < 1.29 is 14.7 Å². The molecule has 0 aromatic heterocycles. The van der Waals surface area contributed by atoms with E-state index >= 15 is 0 Å². The lowest BCUT2D eigenvalue weighted by Gasteiger charge is -2.19. The number of hydrogen-bond donors (Lipinski definition) is 3. The average molecular weight is 234 g/mol. The van der Waals surface area contributed by atoms with E-state index in [2.05, 4.69) is 10.6 Å². The molecule has 5 nitrogen and oxygen atoms in total. The van der Waals surface area contributed by atoms with Gasteiger partial charge in [-0.15, -0.1) is 0 Å². The molecule has 0 radical (unpaired) electrons. The third kappa shape index (κ3) is 1.95. The predicted octanol–water partition coefficient (Wildman–Crippen LogP) is 1.77. The number of fused-ring (bicyclic) bond motifs is 1. The number of hydrogen-bond acceptors (Lipinski definition) is 3. The molecule has 0 fully saturated rings. The summed E-state index contributed by atoms with van der Waals surface area (Å²) in [4.78, 5) is 23.0. The average Bonchev–Trinajstić information content (AvgIpc) is 2.36. The van der Waals surface area contributed by atoms with Gasteiger partial charge in [0.15, 0.2) is 0 Å². The van der Waals surface area contributed by atoms with Gasteiger partial charge in [0.25, 0.3) is 0 Å². The number of nitrogens with one attached hydrogen (secondary N) is 2. The van der Waals surface area contributed by atoms with Gasteiger partial charge in [-0.3, -0.25) is 4.79 Å². The molecule has 0 unspecified atom stereocenters. The Balaban J connectivity index is 2.50. The first-order chi connectivity index (χ1) is 7.92. The second-order valence-electron chi connectivity index (χ2n) is 4.72. The lowest BCUT2D eigenvalue weighted by molar-refractivity contribution is -0.123. The Kier molecular flexibility index (Phi) is 2.53. The minimum absolute atomic E-state index is 0.119. The topological polar surface area (TPSA) is 78.4 Å². The van der Waals surface area contributed by atoms with Crippen LogP contribution in [0.2, 0.25) is 0 Å². The molecule has 1 heterocycles. The number of para-hydroxylation sites is 1. The minimum Gasteiger partial charge on any atom is -0.478 e. The van der Waals surface area contributed by atoms with Gasteiger partial charge in [0, 0.05) is 6.54 Å². The highest BCUT2D eigenvalue weighted by Crippen LogP contribution is 2.32. The molecule has 1 aromatic carbocycles. The van der Waals surface area contributed by atoms with Gasteiger partial charge in [0.05, 0.1) is 22.4 Å². The van der Waals surface area contributed by atoms with Crippen molar-refractivity contribution in [1.29, 1.82) is 0 Å². The summed E-state index contributed by atoms with van der Waals surface area (Å²) in [5.41, 5.74) is 0.578. The number of carboxylic acid groups (broad SMARTS) is 1. The van der Waals surface area contributed by atoms with Gasteiger partial charge in [-0.2, -0.15) is 0 Å². The number of carboxylic acids is 1. The second-order valence-corrected chi connectivity index (χ2v) is 4.72. The van der Waals surface area contributed by atoms with Crippen molar-refractivity contribution >= 4 is 23.3 Å². The lowest BCUT2D eigenvalue weighted by Crippen LogP contribution is -2.34. The summed E-state index contributed by atoms with van der Waals surface area (Å²) in [5, 5.41) is 14.9. The Morgan fingerprint density at radius 1 is 1.41 bits per heavy atom. The quantitative estimate of drug-likeness (QED) is 0.692. The Hall–Kier alpha value is -2.04. The zero-order chi connectivity index (χ0) is 12.6. The van der Waals surface area contributed by atoms with Gasteiger partial charge < -0.3 is 15.7 Å². The third-order valence-corrected chi connectivity index (χ3v) is 2.86. The number of benzene rings is 1. The van der Waals surface area contributed by atoms with Gasteiger partial charge in [-0.1, -0.05) is 6.07 Å². The van der Waals surface area contributed by atoms with Crippen LogP contribution < -0.4 is 10.6 Å². The van der Waals surface area contributed by atoms with E-state index < -0.39 is 11.4 Å². The third-order valence-electron chi connectivity index (χ3n) is 2.86. The zero-order valence-electron chi connectivity index (χ0n) is 9.70. The first kappa shape index (κ1) is 11.4. The summed E-state index contributed by atoms with van der Waals surface area (Å²) < 4.78 is 0. The molecular weight excluding hydrogens is 220 g/mol. The smallest absolute Gasteiger partial charge is 0.337 e. The lowest BCUT2D eigenvalue weighted by atomic mass is 9.93. The number of aromatic carboxylic acids is 1. The highest BCUT2D eigenvalue weighted by molar-refractivity contribution is 6.04. The first-order valence-corrected chi connectivity index (χ1v) is 5.33. The molecule has 1 aromatic rings. The molecule has 0 saturated heterocycles. The van der Waals surface area contributed by atoms with Crippen LogP contribution in [0.25, 0.3) is 0 Å². The maximum absolute atomic E-state index is 11.9. The van der Waals surface area contributed by atoms with Gasteiger partial charge in [-0.25, -0.2) is 4.79 Å². The standard InChI is InChI=1S/C12H14N2O3/c1-12(2)6-13-9-7(10(15)16)4-3-5-8(9)14-11(12)17/h3-5,13H,6H2,1-2H3,(H,14,17)(H,15,16). The van der Waals surface area contributed by atoms with E-state index in [1.807, 2.05) is 13.8 Å². The molecule has 5 heteroatoms. The zero-order valence-corrected chi connectivity index (χ0v) is 9.70. The van der Waals surface area contributed by atoms with Crippen molar-refractivity contribution in [1.82, 2.24) is 0 Å². The second kappa shape index (κ2) is 3.76. The van der Waals surface area contributed by atoms with Crippen LogP contribution in [0.1, 0.15) is 24.2 Å². The van der Waals surface area contributed by atoms with Crippen molar-refractivity contribution in [2.75, 3.05) is 17.2 Å². The molecule has 0 bridgehead atoms. The minimum atomic E-state index is -1.01. The normalized spacial score (nSPS) is 17.4. The van der Waals surface area contributed by atoms with Gasteiger partial charge in [0.2, 0.25) is 5.91 Å².